The predicted octanol–water partition coefficient (Wildman–Crippen LogP) is 7.63. The average Bonchev–Trinajstić information content (AvgIpc) is 3.21. The van der Waals surface area contributed by atoms with Crippen molar-refractivity contribution in [2.45, 2.75) is 64.6 Å². The van der Waals surface area contributed by atoms with E-state index in [9.17, 15) is 31.1 Å². The molecule has 0 aliphatic heterocycles. The first-order valence-corrected chi connectivity index (χ1v) is 12.1. The van der Waals surface area contributed by atoms with Gasteiger partial charge in [0.1, 0.15) is 0 Å². The summed E-state index contributed by atoms with van der Waals surface area (Å²) in [5.74, 6) is -0.493. The summed E-state index contributed by atoms with van der Waals surface area (Å²) in [6.45, 7) is 3.77. The lowest BCUT2D eigenvalue weighted by Gasteiger charge is -2.32. The van der Waals surface area contributed by atoms with E-state index in [0.29, 0.717) is 48.0 Å². The van der Waals surface area contributed by atoms with E-state index in [2.05, 4.69) is 10.6 Å². The zero-order chi connectivity index (χ0) is 26.9. The molecule has 2 atom stereocenters. The molecule has 1 fully saturated rings. The van der Waals surface area contributed by atoms with Crippen LogP contribution in [0.2, 0.25) is 10.0 Å². The molecule has 0 aromatic heterocycles. The van der Waals surface area contributed by atoms with Crippen LogP contribution in [0.15, 0.2) is 36.4 Å². The summed E-state index contributed by atoms with van der Waals surface area (Å²) in [4.78, 5) is 13.2. The third-order valence-electron chi connectivity index (χ3n) is 6.80. The van der Waals surface area contributed by atoms with Crippen molar-refractivity contribution in [1.82, 2.24) is 10.6 Å². The summed E-state index contributed by atoms with van der Waals surface area (Å²) in [5, 5.41) is 7.01. The predicted molar refractivity (Wildman–Crippen MR) is 127 cm³/mol. The first kappa shape index (κ1) is 28.6. The van der Waals surface area contributed by atoms with Gasteiger partial charge in [-0.1, -0.05) is 43.1 Å². The number of halogens is 8. The summed E-state index contributed by atoms with van der Waals surface area (Å²) in [5.41, 5.74) is -3.06. The molecule has 0 radical (unpaired) electrons. The lowest BCUT2D eigenvalue weighted by atomic mass is 9.74. The Kier molecular flexibility index (Phi) is 8.57. The molecule has 36 heavy (non-hydrogen) atoms. The number of hydrogen-bond donors (Lipinski definition) is 2. The first-order valence-electron chi connectivity index (χ1n) is 11.4. The molecule has 1 aliphatic carbocycles. The highest BCUT2D eigenvalue weighted by molar-refractivity contribution is 6.35. The van der Waals surface area contributed by atoms with Crippen molar-refractivity contribution in [1.29, 1.82) is 0 Å². The van der Waals surface area contributed by atoms with Gasteiger partial charge in [0, 0.05) is 29.2 Å². The number of alkyl halides is 6. The molecule has 2 aromatic carbocycles. The molecule has 0 spiro atoms. The number of hydrogen-bond acceptors (Lipinski definition) is 2. The molecule has 3 nitrogen and oxygen atoms in total. The monoisotopic (exact) mass is 554 g/mol. The van der Waals surface area contributed by atoms with Crippen LogP contribution in [0.1, 0.15) is 55.4 Å². The van der Waals surface area contributed by atoms with E-state index in [4.69, 9.17) is 23.2 Å². The van der Waals surface area contributed by atoms with Crippen molar-refractivity contribution < 1.29 is 31.1 Å². The zero-order valence-corrected chi connectivity index (χ0v) is 21.1. The van der Waals surface area contributed by atoms with Gasteiger partial charge in [-0.25, -0.2) is 0 Å². The minimum atomic E-state index is -4.95. The molecule has 3 rings (SSSR count). The van der Waals surface area contributed by atoms with Crippen molar-refractivity contribution in [2.24, 2.45) is 11.3 Å². The largest absolute Gasteiger partial charge is 0.416 e. The van der Waals surface area contributed by atoms with Gasteiger partial charge in [-0.2, -0.15) is 26.3 Å². The number of carbonyl (C=O) groups excluding carboxylic acids is 1. The second-order valence-corrected chi connectivity index (χ2v) is 10.3. The van der Waals surface area contributed by atoms with Gasteiger partial charge in [-0.15, -0.1) is 0 Å². The van der Waals surface area contributed by atoms with Gasteiger partial charge < -0.3 is 10.6 Å². The fourth-order valence-electron chi connectivity index (χ4n) is 4.64. The minimum Gasteiger partial charge on any atom is -0.352 e. The van der Waals surface area contributed by atoms with E-state index in [0.717, 1.165) is 5.56 Å². The molecule has 2 N–H and O–H groups in total. The van der Waals surface area contributed by atoms with E-state index in [1.54, 1.807) is 18.2 Å². The highest BCUT2D eigenvalue weighted by Gasteiger charge is 2.47. The maximum Gasteiger partial charge on any atom is 0.416 e. The third-order valence-corrected chi connectivity index (χ3v) is 7.39. The Labute approximate surface area is 215 Å². The number of nitrogens with one attached hydrogen (secondary N) is 2. The lowest BCUT2D eigenvalue weighted by molar-refractivity contribution is -0.143. The van der Waals surface area contributed by atoms with Gasteiger partial charge in [0.25, 0.3) is 0 Å². The SMILES string of the molecule is CC(C)[C@]1(C(=O)NCc2cc(C(F)(F)F)cc(C(F)(F)F)c2)CC[C@@H](NCc2ccc(Cl)cc2Cl)C1. The molecule has 198 valence electrons. The van der Waals surface area contributed by atoms with E-state index in [-0.39, 0.29) is 23.6 Å². The molecule has 11 heteroatoms. The molecule has 1 aliphatic rings. The van der Waals surface area contributed by atoms with Crippen molar-refractivity contribution in [2.75, 3.05) is 0 Å². The van der Waals surface area contributed by atoms with Crippen molar-refractivity contribution >= 4 is 29.1 Å². The molecule has 1 saturated carbocycles. The number of carbonyl (C=O) groups is 1. The second-order valence-electron chi connectivity index (χ2n) is 9.46. The maximum absolute atomic E-state index is 13.2. The normalized spacial score (nSPS) is 20.7. The number of benzene rings is 2. The van der Waals surface area contributed by atoms with Gasteiger partial charge in [0.2, 0.25) is 5.91 Å². The van der Waals surface area contributed by atoms with E-state index in [1.807, 2.05) is 13.8 Å². The van der Waals surface area contributed by atoms with Crippen LogP contribution in [-0.2, 0) is 30.2 Å². The fourth-order valence-corrected chi connectivity index (χ4v) is 5.12. The Hall–Kier alpha value is -1.97. The molecular formula is C25H26Cl2F6N2O. The van der Waals surface area contributed by atoms with Crippen LogP contribution in [0.5, 0.6) is 0 Å². The molecular weight excluding hydrogens is 529 g/mol. The standard InChI is InChI=1S/C25H26Cl2F6N2O/c1-14(2)23(6-5-20(11-23)34-13-16-3-4-19(26)10-21(16)27)22(36)35-12-15-7-17(24(28,29)30)9-18(8-15)25(31,32)33/h3-4,7-10,14,20,34H,5-6,11-13H2,1-2H3,(H,35,36)/t20-,23+/m1/s1. The topological polar surface area (TPSA) is 41.1 Å². The smallest absolute Gasteiger partial charge is 0.352 e. The van der Waals surface area contributed by atoms with Crippen LogP contribution >= 0.6 is 23.2 Å². The molecule has 0 bridgehead atoms. The molecule has 2 aromatic rings. The minimum absolute atomic E-state index is 0.0183. The number of rotatable bonds is 7. The first-order chi connectivity index (χ1) is 16.6. The van der Waals surface area contributed by atoms with Crippen molar-refractivity contribution in [3.05, 3.63) is 68.7 Å². The maximum atomic E-state index is 13.2. The molecule has 0 heterocycles. The fraction of sp³-hybridized carbons (Fsp3) is 0.480. The molecule has 1 amide bonds. The van der Waals surface area contributed by atoms with Crippen LogP contribution < -0.4 is 10.6 Å². The number of amides is 1. The molecule has 0 unspecified atom stereocenters. The Morgan fingerprint density at radius 3 is 2.14 bits per heavy atom. The Balaban J connectivity index is 1.71. The Morgan fingerprint density at radius 1 is 1.00 bits per heavy atom. The van der Waals surface area contributed by atoms with Gasteiger partial charge in [0.15, 0.2) is 0 Å². The summed E-state index contributed by atoms with van der Waals surface area (Å²) in [7, 11) is 0. The second kappa shape index (κ2) is 10.8. The molecule has 0 saturated heterocycles. The van der Waals surface area contributed by atoms with Crippen LogP contribution in [0, 0.1) is 11.3 Å². The highest BCUT2D eigenvalue weighted by Crippen LogP contribution is 2.45. The van der Waals surface area contributed by atoms with Gasteiger partial charge in [0.05, 0.1) is 16.5 Å². The van der Waals surface area contributed by atoms with Gasteiger partial charge in [-0.3, -0.25) is 4.79 Å². The summed E-state index contributed by atoms with van der Waals surface area (Å²) >= 11 is 12.1. The van der Waals surface area contributed by atoms with E-state index in [1.165, 1.54) is 0 Å². The summed E-state index contributed by atoms with van der Waals surface area (Å²) in [6.07, 6.45) is -8.22. The van der Waals surface area contributed by atoms with Crippen molar-refractivity contribution in [3.8, 4) is 0 Å². The van der Waals surface area contributed by atoms with Crippen LogP contribution in [0.3, 0.4) is 0 Å². The van der Waals surface area contributed by atoms with Crippen molar-refractivity contribution in [3.63, 3.8) is 0 Å². The quantitative estimate of drug-likeness (QED) is 0.345. The Bertz CT molecular complexity index is 1070. The average molecular weight is 555 g/mol. The van der Waals surface area contributed by atoms with Gasteiger partial charge >= 0.3 is 12.4 Å². The summed E-state index contributed by atoms with van der Waals surface area (Å²) in [6, 6.07) is 6.48. The lowest BCUT2D eigenvalue weighted by Crippen LogP contribution is -2.43. The van der Waals surface area contributed by atoms with Crippen LogP contribution in [-0.4, -0.2) is 11.9 Å². The Morgan fingerprint density at radius 2 is 1.61 bits per heavy atom. The highest BCUT2D eigenvalue weighted by atomic mass is 35.5. The van der Waals surface area contributed by atoms with Gasteiger partial charge in [-0.05, 0) is 66.6 Å². The van der Waals surface area contributed by atoms with Crippen LogP contribution in [0.4, 0.5) is 26.3 Å². The third kappa shape index (κ3) is 6.66. The van der Waals surface area contributed by atoms with E-state index < -0.39 is 41.3 Å². The zero-order valence-electron chi connectivity index (χ0n) is 19.6. The summed E-state index contributed by atoms with van der Waals surface area (Å²) < 4.78 is 78.9. The van der Waals surface area contributed by atoms with Crippen LogP contribution in [0.25, 0.3) is 0 Å². The van der Waals surface area contributed by atoms with E-state index >= 15 is 0 Å².